The minimum Gasteiger partial charge on any atom is -0.444 e. The van der Waals surface area contributed by atoms with Crippen LogP contribution in [0.1, 0.15) is 65.7 Å². The maximum atomic E-state index is 14.8. The normalized spacial score (nSPS) is 21.5. The highest BCUT2D eigenvalue weighted by atomic mass is 19.1. The smallest absolute Gasteiger partial charge is 0.410 e. The summed E-state index contributed by atoms with van der Waals surface area (Å²) in [6, 6.07) is 7.07. The first-order valence-corrected chi connectivity index (χ1v) is 15.0. The second-order valence-electron chi connectivity index (χ2n) is 12.7. The molecule has 2 fully saturated rings. The summed E-state index contributed by atoms with van der Waals surface area (Å²) in [6.45, 7) is 11.3. The number of amides is 1. The van der Waals surface area contributed by atoms with Crippen LogP contribution in [0.25, 0.3) is 21.8 Å². The van der Waals surface area contributed by atoms with Crippen molar-refractivity contribution in [3.63, 3.8) is 0 Å². The number of piperazine rings is 1. The monoisotopic (exact) mass is 593 g/mol. The number of carbonyl (C=O) groups is 1. The summed E-state index contributed by atoms with van der Waals surface area (Å²) >= 11 is 0. The van der Waals surface area contributed by atoms with Gasteiger partial charge < -0.3 is 24.8 Å². The summed E-state index contributed by atoms with van der Waals surface area (Å²) in [5.41, 5.74) is 2.65. The van der Waals surface area contributed by atoms with Gasteiger partial charge in [0.2, 0.25) is 0 Å². The second kappa shape index (κ2) is 11.3. The number of aromatic amines is 1. The molecule has 0 bridgehead atoms. The SMILES string of the molecule is C[C@H]1CN(c2cc(CO)c3c(Nc4cc(F)c5n[nH]cc5c4)nn(C4CCCCO4)c3c2)C[C@H](C)N1C(=O)OC(C)(C)C. The molecule has 0 aliphatic carbocycles. The maximum Gasteiger partial charge on any atom is 0.410 e. The zero-order valence-electron chi connectivity index (χ0n) is 25.4. The lowest BCUT2D eigenvalue weighted by atomic mass is 10.0. The summed E-state index contributed by atoms with van der Waals surface area (Å²) in [4.78, 5) is 17.0. The lowest BCUT2D eigenvalue weighted by Crippen LogP contribution is -2.59. The standard InChI is InChI=1S/C31H40FN7O4/c1-18-15-37(16-19(2)38(18)30(41)43-31(3,4)5)23-11-21(17-40)27-25(13-23)39(26-8-6-7-9-42-26)36-29(27)34-22-10-20-14-33-35-28(20)24(32)12-22/h10-14,18-19,26,40H,6-9,15-17H2,1-5H3,(H,33,35)(H,34,36)/t18-,19-,26?/m0/s1. The number of carbonyl (C=O) groups excluding carboxylic acids is 1. The Labute approximate surface area is 249 Å². The fourth-order valence-electron chi connectivity index (χ4n) is 6.30. The van der Waals surface area contributed by atoms with Crippen LogP contribution >= 0.6 is 0 Å². The van der Waals surface area contributed by atoms with Crippen LogP contribution in [0, 0.1) is 5.82 Å². The summed E-state index contributed by atoms with van der Waals surface area (Å²) in [5.74, 6) is 0.0672. The third kappa shape index (κ3) is 5.73. The van der Waals surface area contributed by atoms with Crippen LogP contribution in [0.15, 0.2) is 30.5 Å². The molecule has 1 unspecified atom stereocenters. The fourth-order valence-corrected chi connectivity index (χ4v) is 6.30. The predicted molar refractivity (Wildman–Crippen MR) is 163 cm³/mol. The average molecular weight is 594 g/mol. The van der Waals surface area contributed by atoms with Crippen molar-refractivity contribution in [3.8, 4) is 0 Å². The first kappa shape index (κ1) is 29.2. The van der Waals surface area contributed by atoms with Crippen LogP contribution in [0.5, 0.6) is 0 Å². The Morgan fingerprint density at radius 1 is 1.19 bits per heavy atom. The van der Waals surface area contributed by atoms with Crippen LogP contribution in [-0.2, 0) is 16.1 Å². The highest BCUT2D eigenvalue weighted by molar-refractivity contribution is 5.97. The molecule has 0 radical (unpaired) electrons. The van der Waals surface area contributed by atoms with Crippen molar-refractivity contribution in [3.05, 3.63) is 41.8 Å². The molecule has 2 aromatic heterocycles. The van der Waals surface area contributed by atoms with Gasteiger partial charge in [-0.3, -0.25) is 10.00 Å². The lowest BCUT2D eigenvalue weighted by molar-refractivity contribution is -0.0365. The van der Waals surface area contributed by atoms with E-state index in [0.29, 0.717) is 42.2 Å². The van der Waals surface area contributed by atoms with Gasteiger partial charge in [0.1, 0.15) is 11.1 Å². The first-order chi connectivity index (χ1) is 20.5. The summed E-state index contributed by atoms with van der Waals surface area (Å²) < 4.78 is 28.5. The number of aliphatic hydroxyl groups excluding tert-OH is 1. The number of rotatable bonds is 5. The minimum atomic E-state index is -0.573. The molecule has 0 spiro atoms. The Bertz CT molecular complexity index is 1630. The molecule has 3 N–H and O–H groups in total. The van der Waals surface area contributed by atoms with Gasteiger partial charge in [-0.2, -0.15) is 10.2 Å². The van der Waals surface area contributed by atoms with Crippen molar-refractivity contribution in [1.82, 2.24) is 24.9 Å². The number of ether oxygens (including phenoxy) is 2. The van der Waals surface area contributed by atoms with E-state index in [0.717, 1.165) is 35.9 Å². The molecule has 1 amide bonds. The van der Waals surface area contributed by atoms with Crippen LogP contribution in [0.4, 0.5) is 26.4 Å². The molecule has 43 heavy (non-hydrogen) atoms. The van der Waals surface area contributed by atoms with Crippen LogP contribution in [0.3, 0.4) is 0 Å². The van der Waals surface area contributed by atoms with Gasteiger partial charge in [-0.25, -0.2) is 13.9 Å². The Balaban J connectivity index is 1.38. The molecule has 4 heterocycles. The predicted octanol–water partition coefficient (Wildman–Crippen LogP) is 5.82. The Morgan fingerprint density at radius 2 is 1.95 bits per heavy atom. The molecule has 2 saturated heterocycles. The van der Waals surface area contributed by atoms with E-state index in [9.17, 15) is 14.3 Å². The molecule has 4 aromatic rings. The van der Waals surface area contributed by atoms with Gasteiger partial charge in [0.05, 0.1) is 29.6 Å². The van der Waals surface area contributed by atoms with E-state index >= 15 is 0 Å². The number of nitrogens with one attached hydrogen (secondary N) is 2. The minimum absolute atomic E-state index is 0.0941. The number of hydrogen-bond acceptors (Lipinski definition) is 8. The highest BCUT2D eigenvalue weighted by Gasteiger charge is 2.36. The number of aliphatic hydroxyl groups is 1. The van der Waals surface area contributed by atoms with Crippen molar-refractivity contribution >= 4 is 45.1 Å². The Kier molecular flexibility index (Phi) is 7.67. The van der Waals surface area contributed by atoms with Crippen molar-refractivity contribution in [2.24, 2.45) is 0 Å². The number of H-pyrrole nitrogens is 1. The van der Waals surface area contributed by atoms with Gasteiger partial charge in [0.15, 0.2) is 17.9 Å². The van der Waals surface area contributed by atoms with Gasteiger partial charge in [-0.1, -0.05) is 0 Å². The molecule has 3 atom stereocenters. The summed E-state index contributed by atoms with van der Waals surface area (Å²) in [5, 5.41) is 26.9. The zero-order chi connectivity index (χ0) is 30.5. The molecule has 11 nitrogen and oxygen atoms in total. The molecule has 2 aromatic carbocycles. The molecule has 6 rings (SSSR count). The van der Waals surface area contributed by atoms with E-state index < -0.39 is 11.4 Å². The lowest BCUT2D eigenvalue weighted by Gasteiger charge is -2.45. The Morgan fingerprint density at radius 3 is 2.63 bits per heavy atom. The molecule has 2 aliphatic rings. The number of hydrogen-bond donors (Lipinski definition) is 3. The van der Waals surface area contributed by atoms with Crippen molar-refractivity contribution in [2.75, 3.05) is 29.9 Å². The van der Waals surface area contributed by atoms with Gasteiger partial charge in [0, 0.05) is 42.7 Å². The van der Waals surface area contributed by atoms with E-state index in [-0.39, 0.29) is 36.5 Å². The molecular weight excluding hydrogens is 553 g/mol. The van der Waals surface area contributed by atoms with E-state index in [1.807, 2.05) is 56.3 Å². The third-order valence-electron chi connectivity index (χ3n) is 8.11. The number of anilines is 3. The first-order valence-electron chi connectivity index (χ1n) is 15.0. The van der Waals surface area contributed by atoms with E-state index in [4.69, 9.17) is 14.6 Å². The van der Waals surface area contributed by atoms with Gasteiger partial charge >= 0.3 is 6.09 Å². The quantitative estimate of drug-likeness (QED) is 0.265. The van der Waals surface area contributed by atoms with Crippen LogP contribution < -0.4 is 10.2 Å². The molecule has 12 heteroatoms. The highest BCUT2D eigenvalue weighted by Crippen LogP contribution is 2.38. The zero-order valence-corrected chi connectivity index (χ0v) is 25.4. The van der Waals surface area contributed by atoms with Gasteiger partial charge in [-0.15, -0.1) is 0 Å². The number of fused-ring (bicyclic) bond motifs is 2. The number of benzene rings is 2. The van der Waals surface area contributed by atoms with E-state index in [2.05, 4.69) is 26.5 Å². The van der Waals surface area contributed by atoms with E-state index in [1.165, 1.54) is 6.07 Å². The second-order valence-corrected chi connectivity index (χ2v) is 12.7. The van der Waals surface area contributed by atoms with Gasteiger partial charge in [0.25, 0.3) is 0 Å². The van der Waals surface area contributed by atoms with Crippen LogP contribution in [-0.4, -0.2) is 73.5 Å². The Hall–Kier alpha value is -3.90. The topological polar surface area (TPSA) is 121 Å². The average Bonchev–Trinajstić information content (AvgIpc) is 3.57. The summed E-state index contributed by atoms with van der Waals surface area (Å²) in [6.07, 6.45) is 3.90. The van der Waals surface area contributed by atoms with Gasteiger partial charge in [-0.05, 0) is 83.7 Å². The fraction of sp³-hybridized carbons (Fsp3) is 0.516. The number of halogens is 1. The third-order valence-corrected chi connectivity index (χ3v) is 8.11. The molecular formula is C31H40FN7O4. The number of aromatic nitrogens is 4. The molecule has 0 saturated carbocycles. The number of nitrogens with zero attached hydrogens (tertiary/aromatic N) is 5. The molecule has 230 valence electrons. The van der Waals surface area contributed by atoms with Crippen molar-refractivity contribution in [1.29, 1.82) is 0 Å². The maximum absolute atomic E-state index is 14.8. The van der Waals surface area contributed by atoms with Crippen LogP contribution in [0.2, 0.25) is 0 Å². The molecule has 2 aliphatic heterocycles. The van der Waals surface area contributed by atoms with Crippen molar-refractivity contribution in [2.45, 2.75) is 84.4 Å². The van der Waals surface area contributed by atoms with E-state index in [1.54, 1.807) is 6.20 Å². The largest absolute Gasteiger partial charge is 0.444 e. The van der Waals surface area contributed by atoms with Crippen molar-refractivity contribution < 1.29 is 23.8 Å². The summed E-state index contributed by atoms with van der Waals surface area (Å²) in [7, 11) is 0.